The molecule has 2 fully saturated rings. The second-order valence-corrected chi connectivity index (χ2v) is 8.36. The maximum Gasteiger partial charge on any atom is 0.213 e. The van der Waals surface area contributed by atoms with E-state index in [0.717, 1.165) is 24.6 Å². The largest absolute Gasteiger partial charge is 0.370 e. The molecule has 0 amide bonds. The van der Waals surface area contributed by atoms with Gasteiger partial charge in [0.05, 0.1) is 5.75 Å². The number of hydrogen-bond acceptors (Lipinski definition) is 4. The van der Waals surface area contributed by atoms with Crippen molar-refractivity contribution in [1.82, 2.24) is 9.21 Å². The molecule has 19 heavy (non-hydrogen) atoms. The third kappa shape index (κ3) is 3.76. The normalized spacial score (nSPS) is 23.4. The lowest BCUT2D eigenvalue weighted by molar-refractivity contribution is 0.207. The summed E-state index contributed by atoms with van der Waals surface area (Å²) in [4.78, 5) is 6.51. The van der Waals surface area contributed by atoms with Gasteiger partial charge in [0.25, 0.3) is 0 Å². The van der Waals surface area contributed by atoms with Crippen molar-refractivity contribution in [3.63, 3.8) is 0 Å². The van der Waals surface area contributed by atoms with Crippen molar-refractivity contribution in [2.45, 2.75) is 6.92 Å². The predicted octanol–water partition coefficient (Wildman–Crippen LogP) is -0.369. The van der Waals surface area contributed by atoms with E-state index in [1.807, 2.05) is 11.8 Å². The molecule has 0 aliphatic carbocycles. The monoisotopic (exact) mass is 306 g/mol. The number of thioether (sulfide) groups is 1. The molecule has 0 atom stereocenters. The van der Waals surface area contributed by atoms with E-state index in [4.69, 9.17) is 5.73 Å². The third-order valence-corrected chi connectivity index (χ3v) is 6.29. The first-order valence-electron chi connectivity index (χ1n) is 6.63. The molecule has 0 aromatic heterocycles. The molecule has 2 saturated heterocycles. The minimum absolute atomic E-state index is 0.177. The number of nitrogens with two attached hydrogens (primary N) is 1. The molecule has 0 aromatic rings. The van der Waals surface area contributed by atoms with Gasteiger partial charge in [-0.3, -0.25) is 4.99 Å². The first-order chi connectivity index (χ1) is 9.03. The Morgan fingerprint density at radius 2 is 2.00 bits per heavy atom. The summed E-state index contributed by atoms with van der Waals surface area (Å²) in [6, 6.07) is 0. The molecule has 6 nitrogen and oxygen atoms in total. The molecule has 2 rings (SSSR count). The minimum Gasteiger partial charge on any atom is -0.370 e. The van der Waals surface area contributed by atoms with Crippen LogP contribution >= 0.6 is 11.8 Å². The highest BCUT2D eigenvalue weighted by molar-refractivity contribution is 7.99. The summed E-state index contributed by atoms with van der Waals surface area (Å²) in [6.45, 7) is 5.39. The van der Waals surface area contributed by atoms with E-state index in [-0.39, 0.29) is 5.75 Å². The van der Waals surface area contributed by atoms with Gasteiger partial charge in [-0.15, -0.1) is 0 Å². The Balaban J connectivity index is 1.75. The van der Waals surface area contributed by atoms with Crippen molar-refractivity contribution >= 4 is 27.7 Å². The van der Waals surface area contributed by atoms with Gasteiger partial charge in [0.1, 0.15) is 0 Å². The Morgan fingerprint density at radius 1 is 1.37 bits per heavy atom. The van der Waals surface area contributed by atoms with Crippen molar-refractivity contribution in [3.8, 4) is 0 Å². The van der Waals surface area contributed by atoms with E-state index in [1.165, 1.54) is 4.31 Å². The smallest absolute Gasteiger partial charge is 0.213 e. The Labute approximate surface area is 119 Å². The van der Waals surface area contributed by atoms with E-state index in [1.54, 1.807) is 6.92 Å². The zero-order valence-electron chi connectivity index (χ0n) is 11.3. The van der Waals surface area contributed by atoms with Gasteiger partial charge >= 0.3 is 0 Å². The van der Waals surface area contributed by atoms with Crippen LogP contribution in [0.5, 0.6) is 0 Å². The molecular formula is C11H22N4O2S2. The molecule has 2 aliphatic rings. The molecule has 0 radical (unpaired) electrons. The van der Waals surface area contributed by atoms with Crippen LogP contribution < -0.4 is 5.73 Å². The summed E-state index contributed by atoms with van der Waals surface area (Å²) in [5.41, 5.74) is 5.96. The molecule has 0 aromatic carbocycles. The number of rotatable bonds is 4. The highest BCUT2D eigenvalue weighted by Gasteiger charge is 2.34. The molecule has 0 saturated carbocycles. The van der Waals surface area contributed by atoms with Crippen LogP contribution in [0.1, 0.15) is 6.92 Å². The van der Waals surface area contributed by atoms with Gasteiger partial charge in [-0.05, 0) is 6.92 Å². The Hall–Kier alpha value is -0.470. The number of nitrogens with zero attached hydrogens (tertiary/aromatic N) is 3. The lowest BCUT2D eigenvalue weighted by Gasteiger charge is -2.37. The summed E-state index contributed by atoms with van der Waals surface area (Å²) >= 11 is 1.94. The van der Waals surface area contributed by atoms with Crippen molar-refractivity contribution in [2.75, 3.05) is 50.0 Å². The average Bonchev–Trinajstić information content (AvgIpc) is 2.37. The van der Waals surface area contributed by atoms with Gasteiger partial charge < -0.3 is 10.6 Å². The molecule has 8 heteroatoms. The molecular weight excluding hydrogens is 284 g/mol. The lowest BCUT2D eigenvalue weighted by atomic mass is 10.0. The summed E-state index contributed by atoms with van der Waals surface area (Å²) in [5.74, 6) is 3.30. The van der Waals surface area contributed by atoms with E-state index in [2.05, 4.69) is 9.89 Å². The molecule has 110 valence electrons. The van der Waals surface area contributed by atoms with Gasteiger partial charge in [-0.2, -0.15) is 11.8 Å². The van der Waals surface area contributed by atoms with Crippen LogP contribution in [0.15, 0.2) is 4.99 Å². The summed E-state index contributed by atoms with van der Waals surface area (Å²) < 4.78 is 24.7. The fourth-order valence-electron chi connectivity index (χ4n) is 2.16. The summed E-state index contributed by atoms with van der Waals surface area (Å²) in [5, 5.41) is 0. The van der Waals surface area contributed by atoms with Crippen molar-refractivity contribution < 1.29 is 8.42 Å². The van der Waals surface area contributed by atoms with Crippen molar-refractivity contribution in [3.05, 3.63) is 0 Å². The van der Waals surface area contributed by atoms with Gasteiger partial charge in [0.15, 0.2) is 5.96 Å². The van der Waals surface area contributed by atoms with E-state index in [9.17, 15) is 8.42 Å². The van der Waals surface area contributed by atoms with E-state index < -0.39 is 10.0 Å². The molecule has 2 N–H and O–H groups in total. The maximum atomic E-state index is 11.6. The maximum absolute atomic E-state index is 11.6. The highest BCUT2D eigenvalue weighted by atomic mass is 32.2. The van der Waals surface area contributed by atoms with Crippen LogP contribution in [0, 0.1) is 5.92 Å². The zero-order valence-corrected chi connectivity index (χ0v) is 12.9. The van der Waals surface area contributed by atoms with Crippen LogP contribution in [0.25, 0.3) is 0 Å². The molecule has 0 bridgehead atoms. The quantitative estimate of drug-likeness (QED) is 0.566. The number of guanidine groups is 1. The molecule has 0 unspecified atom stereocenters. The molecule has 0 spiro atoms. The second-order valence-electron chi connectivity index (χ2n) is 4.88. The first-order valence-corrected chi connectivity index (χ1v) is 9.39. The van der Waals surface area contributed by atoms with Crippen LogP contribution in [-0.2, 0) is 10.0 Å². The van der Waals surface area contributed by atoms with Gasteiger partial charge in [0.2, 0.25) is 10.0 Å². The fraction of sp³-hybridized carbons (Fsp3) is 0.909. The fourth-order valence-corrected chi connectivity index (χ4v) is 4.31. The Morgan fingerprint density at radius 3 is 2.58 bits per heavy atom. The van der Waals surface area contributed by atoms with Gasteiger partial charge in [-0.1, -0.05) is 0 Å². The van der Waals surface area contributed by atoms with Crippen LogP contribution in [0.3, 0.4) is 0 Å². The van der Waals surface area contributed by atoms with Crippen LogP contribution in [0.2, 0.25) is 0 Å². The standard InChI is InChI=1S/C11H22N4O2S2/c1-2-19(16,17)15-8-10(9-15)7-13-11(12)14-3-5-18-6-4-14/h10H,2-9H2,1H3,(H2,12,13). The SMILES string of the molecule is CCS(=O)(=O)N1CC(CN=C(N)N2CCSCC2)C1. The lowest BCUT2D eigenvalue weighted by Crippen LogP contribution is -2.52. The third-order valence-electron chi connectivity index (χ3n) is 3.53. The second kappa shape index (κ2) is 6.32. The number of aliphatic imine (C=N–C) groups is 1. The van der Waals surface area contributed by atoms with E-state index in [0.29, 0.717) is 31.5 Å². The van der Waals surface area contributed by atoms with Crippen molar-refractivity contribution in [2.24, 2.45) is 16.6 Å². The minimum atomic E-state index is -3.01. The Kier molecular flexibility index (Phi) is 4.97. The summed E-state index contributed by atoms with van der Waals surface area (Å²) in [7, 11) is -3.01. The van der Waals surface area contributed by atoms with Gasteiger partial charge in [0, 0.05) is 50.1 Å². The highest BCUT2D eigenvalue weighted by Crippen LogP contribution is 2.20. The number of hydrogen-bond donors (Lipinski definition) is 1. The van der Waals surface area contributed by atoms with Crippen LogP contribution in [0.4, 0.5) is 0 Å². The molecule has 2 aliphatic heterocycles. The zero-order chi connectivity index (χ0) is 13.9. The first kappa shape index (κ1) is 14.9. The van der Waals surface area contributed by atoms with E-state index >= 15 is 0 Å². The Bertz CT molecular complexity index is 426. The van der Waals surface area contributed by atoms with Crippen molar-refractivity contribution in [1.29, 1.82) is 0 Å². The predicted molar refractivity (Wildman–Crippen MR) is 79.9 cm³/mol. The number of sulfonamides is 1. The van der Waals surface area contributed by atoms with Crippen LogP contribution in [-0.4, -0.2) is 73.6 Å². The topological polar surface area (TPSA) is 79.0 Å². The van der Waals surface area contributed by atoms with Gasteiger partial charge in [-0.25, -0.2) is 12.7 Å². The average molecular weight is 306 g/mol. The summed E-state index contributed by atoms with van der Waals surface area (Å²) in [6.07, 6.45) is 0. The molecule has 2 heterocycles.